The van der Waals surface area contributed by atoms with Gasteiger partial charge in [0.1, 0.15) is 0 Å². The Balaban J connectivity index is 2.31. The number of halogens is 1. The van der Waals surface area contributed by atoms with E-state index in [1.807, 2.05) is 6.92 Å². The van der Waals surface area contributed by atoms with Gasteiger partial charge in [-0.15, -0.1) is 11.6 Å². The highest BCUT2D eigenvalue weighted by Crippen LogP contribution is 2.28. The zero-order chi connectivity index (χ0) is 9.03. The number of unbranched alkanes of at least 4 members (excludes halogenated alkanes) is 1. The molecular formula is C9H17ClO2. The molecule has 0 radical (unpaired) electrons. The van der Waals surface area contributed by atoms with E-state index in [1.165, 1.54) is 6.42 Å². The van der Waals surface area contributed by atoms with Gasteiger partial charge in [0, 0.05) is 6.42 Å². The van der Waals surface area contributed by atoms with Crippen molar-refractivity contribution in [2.75, 3.05) is 12.5 Å². The zero-order valence-electron chi connectivity index (χ0n) is 7.81. The summed E-state index contributed by atoms with van der Waals surface area (Å²) in [6, 6.07) is 0. The Morgan fingerprint density at radius 3 is 2.83 bits per heavy atom. The first kappa shape index (κ1) is 10.3. The van der Waals surface area contributed by atoms with Gasteiger partial charge in [0.2, 0.25) is 0 Å². The van der Waals surface area contributed by atoms with Crippen LogP contribution in [0, 0.1) is 0 Å². The van der Waals surface area contributed by atoms with Crippen LogP contribution < -0.4 is 0 Å². The van der Waals surface area contributed by atoms with E-state index < -0.39 is 0 Å². The van der Waals surface area contributed by atoms with Crippen LogP contribution >= 0.6 is 11.6 Å². The first-order valence-electron chi connectivity index (χ1n) is 4.58. The molecule has 3 heteroatoms. The van der Waals surface area contributed by atoms with Crippen LogP contribution in [0.2, 0.25) is 0 Å². The van der Waals surface area contributed by atoms with Gasteiger partial charge in [-0.2, -0.15) is 0 Å². The fourth-order valence-electron chi connectivity index (χ4n) is 1.39. The normalized spacial score (nSPS) is 35.8. The van der Waals surface area contributed by atoms with Crippen molar-refractivity contribution in [3.63, 3.8) is 0 Å². The molecule has 2 nitrogen and oxygen atoms in total. The minimum atomic E-state index is -0.366. The van der Waals surface area contributed by atoms with Gasteiger partial charge in [0.25, 0.3) is 0 Å². The molecule has 0 bridgehead atoms. The van der Waals surface area contributed by atoms with Gasteiger partial charge in [-0.3, -0.25) is 0 Å². The largest absolute Gasteiger partial charge is 0.347 e. The lowest BCUT2D eigenvalue weighted by molar-refractivity contribution is -0.156. The molecule has 0 aromatic carbocycles. The Morgan fingerprint density at radius 1 is 1.58 bits per heavy atom. The predicted molar refractivity (Wildman–Crippen MR) is 49.5 cm³/mol. The first-order valence-corrected chi connectivity index (χ1v) is 5.11. The molecule has 1 fully saturated rings. The molecule has 0 amide bonds. The summed E-state index contributed by atoms with van der Waals surface area (Å²) in [5.74, 6) is 0.164. The van der Waals surface area contributed by atoms with Crippen molar-refractivity contribution < 1.29 is 9.47 Å². The maximum absolute atomic E-state index is 5.66. The monoisotopic (exact) mass is 192 g/mol. The molecule has 1 saturated heterocycles. The molecule has 2 atom stereocenters. The maximum Gasteiger partial charge on any atom is 0.166 e. The van der Waals surface area contributed by atoms with Crippen LogP contribution in [0.25, 0.3) is 0 Å². The quantitative estimate of drug-likeness (QED) is 0.638. The molecule has 0 aromatic rings. The molecule has 0 aromatic heterocycles. The van der Waals surface area contributed by atoms with Gasteiger partial charge in [-0.05, 0) is 13.3 Å². The fourth-order valence-corrected chi connectivity index (χ4v) is 1.55. The van der Waals surface area contributed by atoms with Gasteiger partial charge in [-0.1, -0.05) is 13.3 Å². The lowest BCUT2D eigenvalue weighted by atomic mass is 10.1. The molecule has 2 unspecified atom stereocenters. The lowest BCUT2D eigenvalue weighted by Gasteiger charge is -2.22. The minimum absolute atomic E-state index is 0.0912. The van der Waals surface area contributed by atoms with E-state index in [-0.39, 0.29) is 11.9 Å². The molecule has 0 saturated carbocycles. The van der Waals surface area contributed by atoms with Crippen molar-refractivity contribution in [2.24, 2.45) is 0 Å². The maximum atomic E-state index is 5.66. The molecule has 72 valence electrons. The SMILES string of the molecule is CCCCC1(C)OCC(CCl)O1. The highest BCUT2D eigenvalue weighted by molar-refractivity contribution is 6.18. The smallest absolute Gasteiger partial charge is 0.166 e. The molecule has 1 aliphatic heterocycles. The van der Waals surface area contributed by atoms with E-state index in [1.54, 1.807) is 0 Å². The van der Waals surface area contributed by atoms with Crippen molar-refractivity contribution >= 4 is 11.6 Å². The predicted octanol–water partition coefficient (Wildman–Crippen LogP) is 2.55. The van der Waals surface area contributed by atoms with Crippen molar-refractivity contribution in [2.45, 2.75) is 45.0 Å². The fraction of sp³-hybridized carbons (Fsp3) is 1.00. The van der Waals surface area contributed by atoms with Crippen molar-refractivity contribution in [3.05, 3.63) is 0 Å². The van der Waals surface area contributed by atoms with Gasteiger partial charge in [0.15, 0.2) is 5.79 Å². The zero-order valence-corrected chi connectivity index (χ0v) is 8.56. The average molecular weight is 193 g/mol. The molecule has 0 aliphatic carbocycles. The Kier molecular flexibility index (Phi) is 3.81. The Bertz CT molecular complexity index is 140. The van der Waals surface area contributed by atoms with Gasteiger partial charge < -0.3 is 9.47 Å². The summed E-state index contributed by atoms with van der Waals surface area (Å²) in [7, 11) is 0. The third-order valence-electron chi connectivity index (χ3n) is 2.15. The minimum Gasteiger partial charge on any atom is -0.347 e. The third-order valence-corrected chi connectivity index (χ3v) is 2.49. The summed E-state index contributed by atoms with van der Waals surface area (Å²) in [5.41, 5.74) is 0. The number of ether oxygens (including phenoxy) is 2. The van der Waals surface area contributed by atoms with Crippen LogP contribution in [0.3, 0.4) is 0 Å². The van der Waals surface area contributed by atoms with E-state index >= 15 is 0 Å². The van der Waals surface area contributed by atoms with Crippen LogP contribution in [0.5, 0.6) is 0 Å². The summed E-state index contributed by atoms with van der Waals surface area (Å²) in [6.07, 6.45) is 3.38. The van der Waals surface area contributed by atoms with Crippen LogP contribution in [-0.4, -0.2) is 24.4 Å². The molecule has 1 rings (SSSR count). The highest BCUT2D eigenvalue weighted by atomic mass is 35.5. The third kappa shape index (κ3) is 2.61. The average Bonchev–Trinajstić information content (AvgIpc) is 2.45. The van der Waals surface area contributed by atoms with E-state index in [9.17, 15) is 0 Å². The molecule has 12 heavy (non-hydrogen) atoms. The van der Waals surface area contributed by atoms with Crippen LogP contribution in [0.4, 0.5) is 0 Å². The van der Waals surface area contributed by atoms with E-state index in [0.717, 1.165) is 12.8 Å². The summed E-state index contributed by atoms with van der Waals surface area (Å²) in [6.45, 7) is 4.80. The number of hydrogen-bond donors (Lipinski definition) is 0. The van der Waals surface area contributed by atoms with E-state index in [2.05, 4.69) is 6.92 Å². The molecule has 1 heterocycles. The van der Waals surface area contributed by atoms with E-state index in [4.69, 9.17) is 21.1 Å². The summed E-state index contributed by atoms with van der Waals surface area (Å²) in [4.78, 5) is 0. The lowest BCUT2D eigenvalue weighted by Crippen LogP contribution is -2.26. The summed E-state index contributed by atoms with van der Waals surface area (Å²) >= 11 is 5.66. The highest BCUT2D eigenvalue weighted by Gasteiger charge is 2.35. The van der Waals surface area contributed by atoms with Gasteiger partial charge in [-0.25, -0.2) is 0 Å². The summed E-state index contributed by atoms with van der Waals surface area (Å²) in [5, 5.41) is 0. The Morgan fingerprint density at radius 2 is 2.33 bits per heavy atom. The molecule has 0 spiro atoms. The first-order chi connectivity index (χ1) is 5.70. The standard InChI is InChI=1S/C9H17ClO2/c1-3-4-5-9(2)11-7-8(6-10)12-9/h8H,3-7H2,1-2H3. The molecular weight excluding hydrogens is 176 g/mol. The van der Waals surface area contributed by atoms with Crippen LogP contribution in [0.15, 0.2) is 0 Å². The number of alkyl halides is 1. The van der Waals surface area contributed by atoms with Crippen molar-refractivity contribution in [1.29, 1.82) is 0 Å². The Hall–Kier alpha value is 0.210. The van der Waals surface area contributed by atoms with Gasteiger partial charge >= 0.3 is 0 Å². The number of rotatable bonds is 4. The molecule has 0 N–H and O–H groups in total. The van der Waals surface area contributed by atoms with E-state index in [0.29, 0.717) is 12.5 Å². The van der Waals surface area contributed by atoms with Crippen LogP contribution in [-0.2, 0) is 9.47 Å². The van der Waals surface area contributed by atoms with Crippen LogP contribution in [0.1, 0.15) is 33.1 Å². The topological polar surface area (TPSA) is 18.5 Å². The second kappa shape index (κ2) is 4.45. The van der Waals surface area contributed by atoms with Crippen molar-refractivity contribution in [1.82, 2.24) is 0 Å². The Labute approximate surface area is 79.2 Å². The van der Waals surface area contributed by atoms with Crippen molar-refractivity contribution in [3.8, 4) is 0 Å². The summed E-state index contributed by atoms with van der Waals surface area (Å²) < 4.78 is 11.2. The molecule has 1 aliphatic rings. The second-order valence-electron chi connectivity index (χ2n) is 3.44. The van der Waals surface area contributed by atoms with Gasteiger partial charge in [0.05, 0.1) is 18.6 Å². The number of hydrogen-bond acceptors (Lipinski definition) is 2. The second-order valence-corrected chi connectivity index (χ2v) is 3.75.